The summed E-state index contributed by atoms with van der Waals surface area (Å²) < 4.78 is 5.66. The van der Waals surface area contributed by atoms with Crippen LogP contribution in [0.2, 0.25) is 0 Å². The van der Waals surface area contributed by atoms with Crippen LogP contribution in [0.5, 0.6) is 0 Å². The summed E-state index contributed by atoms with van der Waals surface area (Å²) in [7, 11) is 0. The van der Waals surface area contributed by atoms with Gasteiger partial charge in [0.25, 0.3) is 5.91 Å². The van der Waals surface area contributed by atoms with Crippen molar-refractivity contribution >= 4 is 17.6 Å². The molecule has 0 aliphatic carbocycles. The van der Waals surface area contributed by atoms with E-state index in [4.69, 9.17) is 4.42 Å². The lowest BCUT2D eigenvalue weighted by atomic mass is 9.90. The van der Waals surface area contributed by atoms with Gasteiger partial charge < -0.3 is 19.3 Å². The van der Waals surface area contributed by atoms with Gasteiger partial charge in [-0.15, -0.1) is 0 Å². The van der Waals surface area contributed by atoms with Crippen molar-refractivity contribution in [1.82, 2.24) is 4.90 Å². The van der Waals surface area contributed by atoms with E-state index in [9.17, 15) is 14.7 Å². The van der Waals surface area contributed by atoms with E-state index in [0.717, 1.165) is 6.42 Å². The number of benzene rings is 1. The number of rotatable bonds is 4. The SMILES string of the molecule is CC1Cc2ccccc2N1Cc1occc1C(=O)N1CCC(C)(C(=O)O)C1. The summed E-state index contributed by atoms with van der Waals surface area (Å²) in [6, 6.07) is 10.3. The van der Waals surface area contributed by atoms with Gasteiger partial charge >= 0.3 is 5.97 Å². The van der Waals surface area contributed by atoms with Gasteiger partial charge in [0.1, 0.15) is 5.76 Å². The summed E-state index contributed by atoms with van der Waals surface area (Å²) in [5.74, 6) is -0.371. The second kappa shape index (κ2) is 6.44. The first-order valence-electron chi connectivity index (χ1n) is 9.32. The Morgan fingerprint density at radius 1 is 1.30 bits per heavy atom. The van der Waals surface area contributed by atoms with Crippen LogP contribution in [0.15, 0.2) is 41.0 Å². The lowest BCUT2D eigenvalue weighted by Gasteiger charge is -2.25. The minimum absolute atomic E-state index is 0.149. The maximum absolute atomic E-state index is 13.0. The molecule has 2 aromatic rings. The third kappa shape index (κ3) is 2.99. The van der Waals surface area contributed by atoms with Gasteiger partial charge in [0.05, 0.1) is 23.8 Å². The summed E-state index contributed by atoms with van der Waals surface area (Å²) >= 11 is 0. The Hall–Kier alpha value is -2.76. The molecule has 1 aromatic heterocycles. The van der Waals surface area contributed by atoms with Crippen molar-refractivity contribution in [1.29, 1.82) is 0 Å². The number of carbonyl (C=O) groups is 2. The number of amides is 1. The average molecular weight is 368 g/mol. The Labute approximate surface area is 158 Å². The van der Waals surface area contributed by atoms with Crippen molar-refractivity contribution in [2.45, 2.75) is 39.3 Å². The molecule has 0 saturated carbocycles. The highest BCUT2D eigenvalue weighted by molar-refractivity contribution is 5.96. The Morgan fingerprint density at radius 2 is 2.07 bits per heavy atom. The molecular weight excluding hydrogens is 344 g/mol. The number of hydrogen-bond donors (Lipinski definition) is 1. The van der Waals surface area contributed by atoms with E-state index in [1.54, 1.807) is 24.2 Å². The molecule has 2 unspecified atom stereocenters. The predicted molar refractivity (Wildman–Crippen MR) is 101 cm³/mol. The summed E-state index contributed by atoms with van der Waals surface area (Å²) in [5, 5.41) is 9.41. The lowest BCUT2D eigenvalue weighted by Crippen LogP contribution is -2.35. The quantitative estimate of drug-likeness (QED) is 0.897. The zero-order valence-electron chi connectivity index (χ0n) is 15.6. The van der Waals surface area contributed by atoms with Gasteiger partial charge in [-0.1, -0.05) is 18.2 Å². The first-order valence-corrected chi connectivity index (χ1v) is 9.32. The van der Waals surface area contributed by atoms with Crippen molar-refractivity contribution in [3.63, 3.8) is 0 Å². The first-order chi connectivity index (χ1) is 12.9. The van der Waals surface area contributed by atoms with Crippen LogP contribution in [0, 0.1) is 5.41 Å². The molecule has 27 heavy (non-hydrogen) atoms. The largest absolute Gasteiger partial charge is 0.481 e. The van der Waals surface area contributed by atoms with E-state index in [1.165, 1.54) is 11.3 Å². The number of anilines is 1. The molecule has 1 saturated heterocycles. The Morgan fingerprint density at radius 3 is 2.81 bits per heavy atom. The van der Waals surface area contributed by atoms with Gasteiger partial charge in [-0.2, -0.15) is 0 Å². The zero-order chi connectivity index (χ0) is 19.2. The van der Waals surface area contributed by atoms with E-state index in [-0.39, 0.29) is 12.5 Å². The van der Waals surface area contributed by atoms with Crippen molar-refractivity contribution in [3.05, 3.63) is 53.5 Å². The van der Waals surface area contributed by atoms with E-state index < -0.39 is 11.4 Å². The van der Waals surface area contributed by atoms with Crippen molar-refractivity contribution in [2.24, 2.45) is 5.41 Å². The standard InChI is InChI=1S/C21H24N2O4/c1-14-11-15-5-3-4-6-17(15)23(14)12-18-16(7-10-27-18)19(24)22-9-8-21(2,13-22)20(25)26/h3-7,10,14H,8-9,11-13H2,1-2H3,(H,25,26). The van der Waals surface area contributed by atoms with Crippen LogP contribution in [0.4, 0.5) is 5.69 Å². The van der Waals surface area contributed by atoms with Crippen LogP contribution in [0.1, 0.15) is 41.9 Å². The van der Waals surface area contributed by atoms with Gasteiger partial charge in [0, 0.05) is 24.8 Å². The molecular formula is C21H24N2O4. The van der Waals surface area contributed by atoms with Crippen LogP contribution < -0.4 is 4.90 Å². The fourth-order valence-electron chi connectivity index (χ4n) is 4.16. The number of carboxylic acid groups (broad SMARTS) is 1. The van der Waals surface area contributed by atoms with Gasteiger partial charge in [0.2, 0.25) is 0 Å². The Bertz CT molecular complexity index is 890. The normalized spacial score (nSPS) is 24.3. The maximum atomic E-state index is 13.0. The fourth-order valence-corrected chi connectivity index (χ4v) is 4.16. The second-order valence-electron chi connectivity index (χ2n) is 7.91. The molecule has 3 heterocycles. The molecule has 0 bridgehead atoms. The van der Waals surface area contributed by atoms with Crippen molar-refractivity contribution < 1.29 is 19.1 Å². The molecule has 6 heteroatoms. The number of carbonyl (C=O) groups excluding carboxylic acids is 1. The smallest absolute Gasteiger partial charge is 0.311 e. The Balaban J connectivity index is 1.54. The number of para-hydroxylation sites is 1. The molecule has 0 spiro atoms. The molecule has 6 nitrogen and oxygen atoms in total. The monoisotopic (exact) mass is 368 g/mol. The van der Waals surface area contributed by atoms with Gasteiger partial charge in [-0.25, -0.2) is 0 Å². The van der Waals surface area contributed by atoms with Crippen LogP contribution >= 0.6 is 0 Å². The lowest BCUT2D eigenvalue weighted by molar-refractivity contribution is -0.147. The molecule has 1 N–H and O–H groups in total. The minimum atomic E-state index is -0.873. The summed E-state index contributed by atoms with van der Waals surface area (Å²) in [5.41, 5.74) is 2.14. The molecule has 2 aliphatic rings. The number of likely N-dealkylation sites (tertiary alicyclic amines) is 1. The molecule has 1 amide bonds. The van der Waals surface area contributed by atoms with Crippen LogP contribution in [0.3, 0.4) is 0 Å². The van der Waals surface area contributed by atoms with Crippen molar-refractivity contribution in [3.8, 4) is 0 Å². The average Bonchev–Trinajstić information content (AvgIpc) is 3.34. The number of furan rings is 1. The summed E-state index contributed by atoms with van der Waals surface area (Å²) in [6.45, 7) is 5.07. The zero-order valence-corrected chi connectivity index (χ0v) is 15.6. The van der Waals surface area contributed by atoms with E-state index in [2.05, 4.69) is 24.0 Å². The molecule has 2 aliphatic heterocycles. The number of fused-ring (bicyclic) bond motifs is 1. The molecule has 4 rings (SSSR count). The van der Waals surface area contributed by atoms with Crippen molar-refractivity contribution in [2.75, 3.05) is 18.0 Å². The maximum Gasteiger partial charge on any atom is 0.311 e. The minimum Gasteiger partial charge on any atom is -0.481 e. The van der Waals surface area contributed by atoms with Gasteiger partial charge in [0.15, 0.2) is 0 Å². The number of aliphatic carboxylic acids is 1. The topological polar surface area (TPSA) is 74.0 Å². The number of carboxylic acids is 1. The third-order valence-electron chi connectivity index (χ3n) is 5.92. The highest BCUT2D eigenvalue weighted by atomic mass is 16.4. The van der Waals surface area contributed by atoms with E-state index >= 15 is 0 Å². The third-order valence-corrected chi connectivity index (χ3v) is 5.92. The number of hydrogen-bond acceptors (Lipinski definition) is 4. The number of nitrogens with zero attached hydrogens (tertiary/aromatic N) is 2. The highest BCUT2D eigenvalue weighted by Crippen LogP contribution is 2.35. The fraction of sp³-hybridized carbons (Fsp3) is 0.429. The van der Waals surface area contributed by atoms with Crippen LogP contribution in [-0.4, -0.2) is 41.0 Å². The predicted octanol–water partition coefficient (Wildman–Crippen LogP) is 3.17. The van der Waals surface area contributed by atoms with E-state index in [1.807, 2.05) is 12.1 Å². The summed E-state index contributed by atoms with van der Waals surface area (Å²) in [4.78, 5) is 28.3. The highest BCUT2D eigenvalue weighted by Gasteiger charge is 2.43. The van der Waals surface area contributed by atoms with Crippen LogP contribution in [0.25, 0.3) is 0 Å². The first kappa shape index (κ1) is 17.6. The molecule has 1 fully saturated rings. The summed E-state index contributed by atoms with van der Waals surface area (Å²) in [6.07, 6.45) is 2.99. The Kier molecular flexibility index (Phi) is 4.21. The van der Waals surface area contributed by atoms with Gasteiger partial charge in [-0.05, 0) is 44.4 Å². The van der Waals surface area contributed by atoms with Crippen LogP contribution in [-0.2, 0) is 17.8 Å². The van der Waals surface area contributed by atoms with E-state index in [0.29, 0.717) is 36.9 Å². The molecule has 1 aromatic carbocycles. The van der Waals surface area contributed by atoms with Gasteiger partial charge in [-0.3, -0.25) is 9.59 Å². The molecule has 0 radical (unpaired) electrons. The molecule has 142 valence electrons. The molecule has 2 atom stereocenters. The second-order valence-corrected chi connectivity index (χ2v) is 7.91.